The van der Waals surface area contributed by atoms with Crippen molar-refractivity contribution in [2.45, 2.75) is 44.9 Å². The van der Waals surface area contributed by atoms with Crippen LogP contribution in [-0.4, -0.2) is 46.9 Å². The first-order chi connectivity index (χ1) is 15.2. The highest BCUT2D eigenvalue weighted by Gasteiger charge is 2.34. The van der Waals surface area contributed by atoms with E-state index in [0.717, 1.165) is 24.0 Å². The Kier molecular flexibility index (Phi) is 7.96. The quantitative estimate of drug-likeness (QED) is 0.622. The van der Waals surface area contributed by atoms with Crippen LogP contribution in [0.5, 0.6) is 0 Å². The maximum atomic E-state index is 12.6. The monoisotopic (exact) mass is 458 g/mol. The van der Waals surface area contributed by atoms with E-state index in [2.05, 4.69) is 17.4 Å². The molecule has 0 saturated carbocycles. The van der Waals surface area contributed by atoms with Gasteiger partial charge in [0, 0.05) is 38.1 Å². The number of hydrogen-bond donors (Lipinski definition) is 1. The topological polar surface area (TPSA) is 75.7 Å². The minimum atomic E-state index is -3.43. The predicted molar refractivity (Wildman–Crippen MR) is 129 cm³/mol. The summed E-state index contributed by atoms with van der Waals surface area (Å²) in [7, 11) is -3.43. The summed E-state index contributed by atoms with van der Waals surface area (Å²) in [6.07, 6.45) is 3.67. The first-order valence-electron chi connectivity index (χ1n) is 11.2. The maximum absolute atomic E-state index is 12.6. The van der Waals surface area contributed by atoms with E-state index < -0.39 is 10.0 Å². The van der Waals surface area contributed by atoms with Crippen LogP contribution in [0.1, 0.15) is 42.4 Å². The number of nitrogens with zero attached hydrogens (tertiary/aromatic N) is 1. The van der Waals surface area contributed by atoms with Gasteiger partial charge in [-0.3, -0.25) is 9.10 Å². The van der Waals surface area contributed by atoms with E-state index in [1.54, 1.807) is 0 Å². The molecule has 1 fully saturated rings. The fraction of sp³-hybridized carbons (Fsp3) is 0.480. The fourth-order valence-corrected chi connectivity index (χ4v) is 5.19. The molecule has 2 aromatic carbocycles. The van der Waals surface area contributed by atoms with Gasteiger partial charge in [0.15, 0.2) is 0 Å². The number of amides is 1. The van der Waals surface area contributed by atoms with Gasteiger partial charge in [-0.15, -0.1) is 0 Å². The van der Waals surface area contributed by atoms with E-state index in [0.29, 0.717) is 31.9 Å². The molecule has 7 heteroatoms. The summed E-state index contributed by atoms with van der Waals surface area (Å²) in [6, 6.07) is 15.9. The minimum absolute atomic E-state index is 0.0552. The van der Waals surface area contributed by atoms with Crippen LogP contribution in [0, 0.1) is 13.8 Å². The third-order valence-corrected chi connectivity index (χ3v) is 7.60. The maximum Gasteiger partial charge on any atom is 0.232 e. The Bertz CT molecular complexity index is 1020. The molecule has 1 amide bonds. The lowest BCUT2D eigenvalue weighted by atomic mass is 9.74. The van der Waals surface area contributed by atoms with Gasteiger partial charge in [0.25, 0.3) is 0 Å². The number of nitrogens with one attached hydrogen (secondary N) is 1. The summed E-state index contributed by atoms with van der Waals surface area (Å²) in [6.45, 7) is 6.16. The smallest absolute Gasteiger partial charge is 0.232 e. The highest BCUT2D eigenvalue weighted by atomic mass is 32.2. The first kappa shape index (κ1) is 24.3. The Balaban J connectivity index is 1.59. The van der Waals surface area contributed by atoms with E-state index >= 15 is 0 Å². The summed E-state index contributed by atoms with van der Waals surface area (Å²) in [4.78, 5) is 12.6. The Labute approximate surface area is 192 Å². The molecular weight excluding hydrogens is 424 g/mol. The summed E-state index contributed by atoms with van der Waals surface area (Å²) >= 11 is 0. The molecule has 0 radical (unpaired) electrons. The van der Waals surface area contributed by atoms with Gasteiger partial charge in [0.2, 0.25) is 15.9 Å². The van der Waals surface area contributed by atoms with Crippen molar-refractivity contribution >= 4 is 21.6 Å². The van der Waals surface area contributed by atoms with Crippen LogP contribution < -0.4 is 9.62 Å². The molecule has 0 aliphatic carbocycles. The van der Waals surface area contributed by atoms with Crippen molar-refractivity contribution < 1.29 is 17.9 Å². The van der Waals surface area contributed by atoms with Crippen LogP contribution in [0.25, 0.3) is 0 Å². The number of sulfonamides is 1. The zero-order valence-corrected chi connectivity index (χ0v) is 20.1. The first-order valence-corrected chi connectivity index (χ1v) is 13.0. The molecule has 2 aromatic rings. The highest BCUT2D eigenvalue weighted by molar-refractivity contribution is 7.92. The van der Waals surface area contributed by atoms with E-state index in [1.165, 1.54) is 16.1 Å². The van der Waals surface area contributed by atoms with Crippen LogP contribution >= 0.6 is 0 Å². The van der Waals surface area contributed by atoms with Crippen molar-refractivity contribution in [2.75, 3.05) is 36.9 Å². The number of carbonyl (C=O) groups excluding carboxylic acids is 1. The van der Waals surface area contributed by atoms with Gasteiger partial charge < -0.3 is 10.1 Å². The van der Waals surface area contributed by atoms with E-state index in [1.807, 2.05) is 50.2 Å². The fourth-order valence-electron chi connectivity index (χ4n) is 4.23. The van der Waals surface area contributed by atoms with Gasteiger partial charge in [-0.05, 0) is 61.9 Å². The minimum Gasteiger partial charge on any atom is -0.381 e. The summed E-state index contributed by atoms with van der Waals surface area (Å²) in [5.74, 6) is -0.0552. The van der Waals surface area contributed by atoms with Gasteiger partial charge in [0.1, 0.15) is 0 Å². The molecule has 0 atom stereocenters. The van der Waals surface area contributed by atoms with E-state index in [-0.39, 0.29) is 24.3 Å². The van der Waals surface area contributed by atoms with Crippen LogP contribution in [0.15, 0.2) is 48.5 Å². The van der Waals surface area contributed by atoms with Crippen molar-refractivity contribution in [3.63, 3.8) is 0 Å². The Hall–Kier alpha value is -2.38. The average Bonchev–Trinajstić information content (AvgIpc) is 2.78. The lowest BCUT2D eigenvalue weighted by Crippen LogP contribution is -2.44. The van der Waals surface area contributed by atoms with E-state index in [9.17, 15) is 13.2 Å². The second kappa shape index (κ2) is 10.5. The summed E-state index contributed by atoms with van der Waals surface area (Å²) in [5.41, 5.74) is 3.90. The number of anilines is 1. The number of hydrogen-bond acceptors (Lipinski definition) is 4. The number of benzene rings is 2. The molecule has 0 aromatic heterocycles. The van der Waals surface area contributed by atoms with Crippen LogP contribution in [0.4, 0.5) is 5.69 Å². The molecule has 1 saturated heterocycles. The van der Waals surface area contributed by atoms with Crippen LogP contribution in [0.3, 0.4) is 0 Å². The van der Waals surface area contributed by atoms with Crippen molar-refractivity contribution in [1.29, 1.82) is 0 Å². The second-order valence-electron chi connectivity index (χ2n) is 8.74. The third-order valence-electron chi connectivity index (χ3n) is 6.40. The number of ether oxygens (including phenoxy) is 1. The molecule has 1 aliphatic heterocycles. The predicted octanol–water partition coefficient (Wildman–Crippen LogP) is 3.71. The Morgan fingerprint density at radius 1 is 1.06 bits per heavy atom. The van der Waals surface area contributed by atoms with Gasteiger partial charge in [-0.25, -0.2) is 8.42 Å². The normalized spacial score (nSPS) is 15.8. The van der Waals surface area contributed by atoms with Crippen molar-refractivity contribution in [3.8, 4) is 0 Å². The largest absolute Gasteiger partial charge is 0.381 e. The molecular formula is C25H34N2O4S. The lowest BCUT2D eigenvalue weighted by molar-refractivity contribution is -0.121. The van der Waals surface area contributed by atoms with Gasteiger partial charge in [-0.2, -0.15) is 0 Å². The zero-order chi connectivity index (χ0) is 23.2. The molecule has 1 N–H and O–H groups in total. The molecule has 0 bridgehead atoms. The third kappa shape index (κ3) is 6.11. The standard InChI is InChI=1S/C25H34N2O4S/c1-20-11-12-23(18-21(20)2)27(32(3,29)30)15-7-10-24(28)26-19-25(13-16-31-17-14-25)22-8-5-4-6-9-22/h4-6,8-9,11-12,18H,7,10,13-17,19H2,1-3H3,(H,26,28). The Morgan fingerprint density at radius 3 is 2.38 bits per heavy atom. The highest BCUT2D eigenvalue weighted by Crippen LogP contribution is 2.34. The molecule has 32 heavy (non-hydrogen) atoms. The number of aryl methyl sites for hydroxylation is 2. The van der Waals surface area contributed by atoms with Crippen LogP contribution in [-0.2, 0) is 25.0 Å². The van der Waals surface area contributed by atoms with Gasteiger partial charge in [0.05, 0.1) is 11.9 Å². The second-order valence-corrected chi connectivity index (χ2v) is 10.6. The lowest BCUT2D eigenvalue weighted by Gasteiger charge is -2.38. The summed E-state index contributed by atoms with van der Waals surface area (Å²) in [5, 5.41) is 3.10. The molecule has 3 rings (SSSR count). The molecule has 0 unspecified atom stereocenters. The van der Waals surface area contributed by atoms with Crippen molar-refractivity contribution in [2.24, 2.45) is 0 Å². The molecule has 1 heterocycles. The molecule has 0 spiro atoms. The van der Waals surface area contributed by atoms with Crippen LogP contribution in [0.2, 0.25) is 0 Å². The number of carbonyl (C=O) groups is 1. The van der Waals surface area contributed by atoms with Gasteiger partial charge in [-0.1, -0.05) is 36.4 Å². The molecule has 174 valence electrons. The van der Waals surface area contributed by atoms with E-state index in [4.69, 9.17) is 4.74 Å². The average molecular weight is 459 g/mol. The van der Waals surface area contributed by atoms with Gasteiger partial charge >= 0.3 is 0 Å². The molecule has 6 nitrogen and oxygen atoms in total. The Morgan fingerprint density at radius 2 is 1.75 bits per heavy atom. The molecule has 1 aliphatic rings. The number of rotatable bonds is 9. The SMILES string of the molecule is Cc1ccc(N(CCCC(=O)NCC2(c3ccccc3)CCOCC2)S(C)(=O)=O)cc1C. The van der Waals surface area contributed by atoms with Crippen molar-refractivity contribution in [1.82, 2.24) is 5.32 Å². The zero-order valence-electron chi connectivity index (χ0n) is 19.3. The summed E-state index contributed by atoms with van der Waals surface area (Å²) < 4.78 is 31.6. The van der Waals surface area contributed by atoms with Crippen molar-refractivity contribution in [3.05, 3.63) is 65.2 Å².